The van der Waals surface area contributed by atoms with Gasteiger partial charge in [-0.25, -0.2) is 0 Å². The molecule has 0 saturated carbocycles. The number of imide groups is 1. The van der Waals surface area contributed by atoms with Crippen LogP contribution in [0.2, 0.25) is 0 Å². The molecule has 164 valence electrons. The summed E-state index contributed by atoms with van der Waals surface area (Å²) in [6.07, 6.45) is 3.59. The number of nitrogens with zero attached hydrogens (tertiary/aromatic N) is 1. The monoisotopic (exact) mass is 435 g/mol. The van der Waals surface area contributed by atoms with Gasteiger partial charge in [-0.2, -0.15) is 5.06 Å². The number of methoxy groups -OCH3 is 1. The molecule has 0 aromatic heterocycles. The van der Waals surface area contributed by atoms with Crippen LogP contribution in [0.1, 0.15) is 31.2 Å². The van der Waals surface area contributed by atoms with Crippen LogP contribution in [0.15, 0.2) is 52.6 Å². The molecule has 0 bridgehead atoms. The van der Waals surface area contributed by atoms with E-state index in [-0.39, 0.29) is 41.0 Å². The topological polar surface area (TPSA) is 121 Å². The zero-order chi connectivity index (χ0) is 22.9. The molecule has 0 radical (unpaired) electrons. The maximum atomic E-state index is 13.1. The second-order valence-corrected chi connectivity index (χ2v) is 8.65. The normalized spacial score (nSPS) is 29.4. The van der Waals surface area contributed by atoms with E-state index in [9.17, 15) is 29.5 Å². The van der Waals surface area contributed by atoms with Crippen molar-refractivity contribution in [3.8, 4) is 11.5 Å². The number of Topliss-reactive ketones (excluding diaryl/α,β-unsaturated/α-hetero) is 1. The fraction of sp³-hybridized carbons (Fsp3) is 0.333. The van der Waals surface area contributed by atoms with Crippen molar-refractivity contribution in [1.29, 1.82) is 0 Å². The highest BCUT2D eigenvalue weighted by Crippen LogP contribution is 2.55. The largest absolute Gasteiger partial charge is 0.504 e. The summed E-state index contributed by atoms with van der Waals surface area (Å²) in [6, 6.07) is 4.73. The average molecular weight is 435 g/mol. The number of carbonyl (C=O) groups is 4. The number of allylic oxidation sites excluding steroid dienone is 6. The van der Waals surface area contributed by atoms with E-state index >= 15 is 0 Å². The minimum atomic E-state index is -0.794. The number of ketones is 2. The van der Waals surface area contributed by atoms with Crippen molar-refractivity contribution in [3.63, 3.8) is 0 Å². The number of phenols is 1. The van der Waals surface area contributed by atoms with E-state index in [4.69, 9.17) is 4.74 Å². The van der Waals surface area contributed by atoms with Crippen LogP contribution in [0.5, 0.6) is 11.5 Å². The van der Waals surface area contributed by atoms with Gasteiger partial charge in [0.25, 0.3) is 11.8 Å². The Labute approximate surface area is 183 Å². The lowest BCUT2D eigenvalue weighted by Gasteiger charge is -2.42. The van der Waals surface area contributed by atoms with Gasteiger partial charge in [-0.1, -0.05) is 17.7 Å². The molecule has 1 fully saturated rings. The van der Waals surface area contributed by atoms with Crippen molar-refractivity contribution in [1.82, 2.24) is 5.06 Å². The van der Waals surface area contributed by atoms with Crippen LogP contribution in [-0.2, 0) is 19.2 Å². The molecule has 4 aliphatic rings. The lowest BCUT2D eigenvalue weighted by atomic mass is 9.59. The van der Waals surface area contributed by atoms with Gasteiger partial charge < -0.3 is 9.84 Å². The van der Waals surface area contributed by atoms with Crippen molar-refractivity contribution >= 4 is 23.4 Å². The minimum absolute atomic E-state index is 0.0650. The SMILES string of the molecule is COc1cc([C@H]2C3=CC[C@@H]4C(=O)N(O)C(=O)[C@@H]4[C@@H]3CC3=C2C(=O)C=C(C)C3=O)ccc1O. The van der Waals surface area contributed by atoms with Crippen LogP contribution in [0.25, 0.3) is 0 Å². The molecule has 4 atom stereocenters. The van der Waals surface area contributed by atoms with Gasteiger partial charge in [0.15, 0.2) is 23.1 Å². The molecule has 1 aromatic carbocycles. The number of hydrogen-bond donors (Lipinski definition) is 2. The van der Waals surface area contributed by atoms with Gasteiger partial charge in [0.1, 0.15) is 0 Å². The van der Waals surface area contributed by atoms with Crippen molar-refractivity contribution < 1.29 is 34.2 Å². The Morgan fingerprint density at radius 3 is 2.56 bits per heavy atom. The second kappa shape index (κ2) is 7.00. The molecule has 5 rings (SSSR count). The molecule has 1 aliphatic heterocycles. The van der Waals surface area contributed by atoms with Gasteiger partial charge in [-0.15, -0.1) is 0 Å². The van der Waals surface area contributed by atoms with E-state index in [0.717, 1.165) is 5.57 Å². The van der Waals surface area contributed by atoms with Crippen LogP contribution < -0.4 is 4.74 Å². The maximum Gasteiger partial charge on any atom is 0.257 e. The van der Waals surface area contributed by atoms with Crippen molar-refractivity contribution in [2.45, 2.75) is 25.7 Å². The fourth-order valence-electron chi connectivity index (χ4n) is 5.62. The molecule has 2 N–H and O–H groups in total. The Morgan fingerprint density at radius 1 is 1.09 bits per heavy atom. The Kier molecular flexibility index (Phi) is 4.46. The first-order chi connectivity index (χ1) is 15.2. The molecule has 0 spiro atoms. The number of hydroxylamine groups is 2. The van der Waals surface area contributed by atoms with Gasteiger partial charge >= 0.3 is 0 Å². The van der Waals surface area contributed by atoms with E-state index < -0.39 is 35.5 Å². The summed E-state index contributed by atoms with van der Waals surface area (Å²) < 4.78 is 5.24. The van der Waals surface area contributed by atoms with Crippen LogP contribution >= 0.6 is 0 Å². The molecule has 0 unspecified atom stereocenters. The summed E-state index contributed by atoms with van der Waals surface area (Å²) >= 11 is 0. The molecular weight excluding hydrogens is 414 g/mol. The number of phenolic OH excluding ortho intramolecular Hbond substituents is 1. The third-order valence-electron chi connectivity index (χ3n) is 7.08. The van der Waals surface area contributed by atoms with Gasteiger partial charge in [0.2, 0.25) is 0 Å². The number of carbonyl (C=O) groups excluding carboxylic acids is 4. The van der Waals surface area contributed by atoms with Gasteiger partial charge in [-0.3, -0.25) is 24.4 Å². The number of amides is 2. The summed E-state index contributed by atoms with van der Waals surface area (Å²) in [5.41, 5.74) is 2.42. The van der Waals surface area contributed by atoms with E-state index in [2.05, 4.69) is 0 Å². The van der Waals surface area contributed by atoms with Gasteiger partial charge in [0, 0.05) is 22.6 Å². The third-order valence-corrected chi connectivity index (χ3v) is 7.08. The number of ether oxygens (including phenoxy) is 1. The summed E-state index contributed by atoms with van der Waals surface area (Å²) in [4.78, 5) is 51.3. The molecular formula is C24H21NO7. The number of aromatic hydroxyl groups is 1. The highest BCUT2D eigenvalue weighted by molar-refractivity contribution is 6.23. The maximum absolute atomic E-state index is 13.1. The molecule has 8 heteroatoms. The van der Waals surface area contributed by atoms with Gasteiger partial charge in [0.05, 0.1) is 18.9 Å². The molecule has 2 amide bonds. The summed E-state index contributed by atoms with van der Waals surface area (Å²) in [7, 11) is 1.41. The first-order valence-corrected chi connectivity index (χ1v) is 10.4. The Hall–Kier alpha value is -3.52. The van der Waals surface area contributed by atoms with E-state index in [0.29, 0.717) is 22.3 Å². The number of hydrogen-bond acceptors (Lipinski definition) is 7. The second-order valence-electron chi connectivity index (χ2n) is 8.65. The number of rotatable bonds is 2. The molecule has 1 heterocycles. The zero-order valence-electron chi connectivity index (χ0n) is 17.5. The van der Waals surface area contributed by atoms with Crippen LogP contribution in [0.4, 0.5) is 0 Å². The molecule has 32 heavy (non-hydrogen) atoms. The summed E-state index contributed by atoms with van der Waals surface area (Å²) in [5.74, 6) is -4.31. The summed E-state index contributed by atoms with van der Waals surface area (Å²) in [6.45, 7) is 1.58. The van der Waals surface area contributed by atoms with Crippen LogP contribution in [-0.4, -0.2) is 45.9 Å². The first-order valence-electron chi connectivity index (χ1n) is 10.4. The highest BCUT2D eigenvalue weighted by atomic mass is 16.5. The fourth-order valence-corrected chi connectivity index (χ4v) is 5.62. The van der Waals surface area contributed by atoms with Crippen LogP contribution in [0.3, 0.4) is 0 Å². The Bertz CT molecular complexity index is 1200. The van der Waals surface area contributed by atoms with E-state index in [1.54, 1.807) is 19.1 Å². The van der Waals surface area contributed by atoms with E-state index in [1.807, 2.05) is 6.08 Å². The van der Waals surface area contributed by atoms with E-state index in [1.165, 1.54) is 19.3 Å². The third kappa shape index (κ3) is 2.65. The molecule has 1 aromatic rings. The molecule has 8 nitrogen and oxygen atoms in total. The van der Waals surface area contributed by atoms with Crippen molar-refractivity contribution in [3.05, 3.63) is 58.2 Å². The van der Waals surface area contributed by atoms with Crippen molar-refractivity contribution in [2.24, 2.45) is 17.8 Å². The summed E-state index contributed by atoms with van der Waals surface area (Å²) in [5, 5.41) is 20.2. The predicted octanol–water partition coefficient (Wildman–Crippen LogP) is 2.22. The Morgan fingerprint density at radius 2 is 1.84 bits per heavy atom. The lowest BCUT2D eigenvalue weighted by molar-refractivity contribution is -0.173. The lowest BCUT2D eigenvalue weighted by Crippen LogP contribution is -2.39. The molecule has 1 saturated heterocycles. The predicted molar refractivity (Wildman–Crippen MR) is 110 cm³/mol. The Balaban J connectivity index is 1.72. The average Bonchev–Trinajstić information content (AvgIpc) is 3.00. The zero-order valence-corrected chi connectivity index (χ0v) is 17.5. The molecule has 3 aliphatic carbocycles. The standard InChI is InChI=1S/C24H21NO7/c1-10-7-17(27)21-15(22(10)28)9-14-12(4-5-13-20(14)24(30)25(31)23(13)29)19(21)11-3-6-16(26)18(8-11)32-2/h3-4,6-8,13-14,19-20,26,31H,5,9H2,1-2H3/t13-,14+,19-,20-/m0/s1. The van der Waals surface area contributed by atoms with Crippen LogP contribution in [0, 0.1) is 17.8 Å². The number of benzene rings is 1. The van der Waals surface area contributed by atoms with Gasteiger partial charge in [-0.05, 0) is 49.5 Å². The number of fused-ring (bicyclic) bond motifs is 3. The first kappa shape index (κ1) is 20.4. The highest BCUT2D eigenvalue weighted by Gasteiger charge is 2.56. The smallest absolute Gasteiger partial charge is 0.257 e. The minimum Gasteiger partial charge on any atom is -0.504 e. The quantitative estimate of drug-likeness (QED) is 0.316. The van der Waals surface area contributed by atoms with Crippen molar-refractivity contribution in [2.75, 3.05) is 7.11 Å².